The monoisotopic (exact) mass is 253 g/mol. The van der Waals surface area contributed by atoms with Crippen molar-refractivity contribution in [2.45, 2.75) is 76.2 Å². The third-order valence-corrected chi connectivity index (χ3v) is 4.65. The maximum Gasteiger partial charge on any atom is 0.0757 e. The van der Waals surface area contributed by atoms with Crippen molar-refractivity contribution in [1.29, 1.82) is 0 Å². The van der Waals surface area contributed by atoms with Gasteiger partial charge < -0.3 is 14.8 Å². The van der Waals surface area contributed by atoms with Crippen molar-refractivity contribution in [3.05, 3.63) is 0 Å². The van der Waals surface area contributed by atoms with Gasteiger partial charge in [-0.25, -0.2) is 0 Å². The van der Waals surface area contributed by atoms with E-state index in [1.165, 1.54) is 44.9 Å². The van der Waals surface area contributed by atoms with Crippen molar-refractivity contribution in [3.63, 3.8) is 0 Å². The zero-order valence-corrected chi connectivity index (χ0v) is 11.6. The van der Waals surface area contributed by atoms with Gasteiger partial charge in [0.15, 0.2) is 0 Å². The van der Waals surface area contributed by atoms with Crippen LogP contribution in [0, 0.1) is 5.92 Å². The standard InChI is InChI=1S/C15H27NO2/c1-2-3-13-10-12(6-8-17-13)16-14-7-9-18-15(14)11-4-5-11/h11-16H,2-10H2,1H3. The molecule has 3 rings (SSSR count). The van der Waals surface area contributed by atoms with Crippen molar-refractivity contribution in [2.24, 2.45) is 5.92 Å². The van der Waals surface area contributed by atoms with Crippen LogP contribution in [-0.2, 0) is 9.47 Å². The quantitative estimate of drug-likeness (QED) is 0.816. The van der Waals surface area contributed by atoms with Crippen LogP contribution >= 0.6 is 0 Å². The number of rotatable bonds is 5. The zero-order chi connectivity index (χ0) is 12.4. The molecule has 18 heavy (non-hydrogen) atoms. The van der Waals surface area contributed by atoms with Crippen LogP contribution in [0.4, 0.5) is 0 Å². The summed E-state index contributed by atoms with van der Waals surface area (Å²) in [5.41, 5.74) is 0. The van der Waals surface area contributed by atoms with Crippen LogP contribution in [0.15, 0.2) is 0 Å². The van der Waals surface area contributed by atoms with Gasteiger partial charge in [-0.2, -0.15) is 0 Å². The summed E-state index contributed by atoms with van der Waals surface area (Å²) < 4.78 is 11.7. The minimum Gasteiger partial charge on any atom is -0.378 e. The van der Waals surface area contributed by atoms with Crippen molar-refractivity contribution in [3.8, 4) is 0 Å². The van der Waals surface area contributed by atoms with Gasteiger partial charge in [0.2, 0.25) is 0 Å². The second-order valence-corrected chi connectivity index (χ2v) is 6.24. The van der Waals surface area contributed by atoms with E-state index in [0.717, 1.165) is 19.1 Å². The predicted octanol–water partition coefficient (Wildman–Crippen LogP) is 2.49. The molecule has 1 aliphatic carbocycles. The molecule has 3 nitrogen and oxygen atoms in total. The van der Waals surface area contributed by atoms with E-state index in [0.29, 0.717) is 24.3 Å². The topological polar surface area (TPSA) is 30.5 Å². The van der Waals surface area contributed by atoms with Crippen molar-refractivity contribution in [1.82, 2.24) is 5.32 Å². The van der Waals surface area contributed by atoms with E-state index < -0.39 is 0 Å². The number of hydrogen-bond acceptors (Lipinski definition) is 3. The normalized spacial score (nSPS) is 41.2. The maximum atomic E-state index is 5.91. The van der Waals surface area contributed by atoms with E-state index >= 15 is 0 Å². The molecule has 0 aromatic heterocycles. The summed E-state index contributed by atoms with van der Waals surface area (Å²) in [6, 6.07) is 1.27. The van der Waals surface area contributed by atoms with Gasteiger partial charge >= 0.3 is 0 Å². The van der Waals surface area contributed by atoms with Gasteiger partial charge in [0.05, 0.1) is 12.2 Å². The fourth-order valence-electron chi connectivity index (χ4n) is 3.54. The average Bonchev–Trinajstić information content (AvgIpc) is 3.12. The fourth-order valence-corrected chi connectivity index (χ4v) is 3.54. The van der Waals surface area contributed by atoms with Crippen LogP contribution in [0.1, 0.15) is 51.9 Å². The molecule has 0 aromatic carbocycles. The highest BCUT2D eigenvalue weighted by atomic mass is 16.5. The Morgan fingerprint density at radius 3 is 2.67 bits per heavy atom. The first kappa shape index (κ1) is 12.9. The lowest BCUT2D eigenvalue weighted by Crippen LogP contribution is -2.47. The first-order valence-electron chi connectivity index (χ1n) is 7.86. The lowest BCUT2D eigenvalue weighted by molar-refractivity contribution is -0.00806. The van der Waals surface area contributed by atoms with Crippen LogP contribution in [-0.4, -0.2) is 37.5 Å². The summed E-state index contributed by atoms with van der Waals surface area (Å²) in [5.74, 6) is 0.858. The number of ether oxygens (including phenoxy) is 2. The Balaban J connectivity index is 1.49. The Morgan fingerprint density at radius 2 is 1.89 bits per heavy atom. The molecule has 0 spiro atoms. The van der Waals surface area contributed by atoms with Gasteiger partial charge in [-0.15, -0.1) is 0 Å². The number of nitrogens with one attached hydrogen (secondary N) is 1. The minimum absolute atomic E-state index is 0.489. The van der Waals surface area contributed by atoms with Crippen LogP contribution in [0.5, 0.6) is 0 Å². The fraction of sp³-hybridized carbons (Fsp3) is 1.00. The maximum absolute atomic E-state index is 5.91. The third-order valence-electron chi connectivity index (χ3n) is 4.65. The Bertz CT molecular complexity index is 265. The second kappa shape index (κ2) is 5.89. The second-order valence-electron chi connectivity index (χ2n) is 6.24. The van der Waals surface area contributed by atoms with Gasteiger partial charge in [-0.1, -0.05) is 13.3 Å². The molecular formula is C15H27NO2. The highest BCUT2D eigenvalue weighted by Crippen LogP contribution is 2.39. The molecular weight excluding hydrogens is 226 g/mol. The lowest BCUT2D eigenvalue weighted by Gasteiger charge is -2.33. The van der Waals surface area contributed by atoms with Crippen LogP contribution < -0.4 is 5.32 Å². The molecule has 104 valence electrons. The van der Waals surface area contributed by atoms with Gasteiger partial charge in [-0.05, 0) is 44.4 Å². The first-order chi connectivity index (χ1) is 8.86. The summed E-state index contributed by atoms with van der Waals surface area (Å²) in [4.78, 5) is 0. The van der Waals surface area contributed by atoms with Gasteiger partial charge in [0.25, 0.3) is 0 Å². The third kappa shape index (κ3) is 3.06. The van der Waals surface area contributed by atoms with E-state index in [1.54, 1.807) is 0 Å². The molecule has 3 aliphatic rings. The molecule has 1 N–H and O–H groups in total. The van der Waals surface area contributed by atoms with Gasteiger partial charge in [0, 0.05) is 25.3 Å². The van der Waals surface area contributed by atoms with E-state index in [2.05, 4.69) is 12.2 Å². The molecule has 0 aromatic rings. The van der Waals surface area contributed by atoms with Gasteiger partial charge in [-0.3, -0.25) is 0 Å². The van der Waals surface area contributed by atoms with Crippen molar-refractivity contribution < 1.29 is 9.47 Å². The van der Waals surface area contributed by atoms with E-state index in [1.807, 2.05) is 0 Å². The lowest BCUT2D eigenvalue weighted by atomic mass is 9.97. The summed E-state index contributed by atoms with van der Waals surface area (Å²) in [5, 5.41) is 3.87. The smallest absolute Gasteiger partial charge is 0.0757 e. The van der Waals surface area contributed by atoms with Crippen LogP contribution in [0.25, 0.3) is 0 Å². The molecule has 2 saturated heterocycles. The van der Waals surface area contributed by atoms with Crippen LogP contribution in [0.2, 0.25) is 0 Å². The Morgan fingerprint density at radius 1 is 1.06 bits per heavy atom. The van der Waals surface area contributed by atoms with Crippen molar-refractivity contribution >= 4 is 0 Å². The van der Waals surface area contributed by atoms with E-state index in [9.17, 15) is 0 Å². The molecule has 0 radical (unpaired) electrons. The number of hydrogen-bond donors (Lipinski definition) is 1. The van der Waals surface area contributed by atoms with Crippen molar-refractivity contribution in [2.75, 3.05) is 13.2 Å². The largest absolute Gasteiger partial charge is 0.378 e. The molecule has 3 fully saturated rings. The Kier molecular flexibility index (Phi) is 4.22. The molecule has 0 amide bonds. The molecule has 0 bridgehead atoms. The SMILES string of the molecule is CCCC1CC(NC2CCOC2C2CC2)CCO1. The Hall–Kier alpha value is -0.120. The molecule has 1 saturated carbocycles. The molecule has 2 aliphatic heterocycles. The highest BCUT2D eigenvalue weighted by Gasteiger charge is 2.41. The summed E-state index contributed by atoms with van der Waals surface area (Å²) in [6.07, 6.45) is 9.79. The van der Waals surface area contributed by atoms with E-state index in [4.69, 9.17) is 9.47 Å². The van der Waals surface area contributed by atoms with Gasteiger partial charge in [0.1, 0.15) is 0 Å². The summed E-state index contributed by atoms with van der Waals surface area (Å²) in [7, 11) is 0. The summed E-state index contributed by atoms with van der Waals surface area (Å²) in [6.45, 7) is 4.14. The summed E-state index contributed by atoms with van der Waals surface area (Å²) >= 11 is 0. The predicted molar refractivity (Wildman–Crippen MR) is 71.7 cm³/mol. The highest BCUT2D eigenvalue weighted by molar-refractivity contribution is 4.95. The molecule has 2 heterocycles. The molecule has 3 heteroatoms. The van der Waals surface area contributed by atoms with Crippen LogP contribution in [0.3, 0.4) is 0 Å². The zero-order valence-electron chi connectivity index (χ0n) is 11.6. The molecule has 4 atom stereocenters. The average molecular weight is 253 g/mol. The van der Waals surface area contributed by atoms with E-state index in [-0.39, 0.29) is 0 Å². The first-order valence-corrected chi connectivity index (χ1v) is 7.86. The molecule has 4 unspecified atom stereocenters. The Labute approximate surface area is 111 Å². The minimum atomic E-state index is 0.489.